The van der Waals surface area contributed by atoms with Crippen molar-refractivity contribution in [1.82, 2.24) is 20.2 Å². The van der Waals surface area contributed by atoms with E-state index in [1.54, 1.807) is 35.4 Å². The van der Waals surface area contributed by atoms with Gasteiger partial charge in [0.15, 0.2) is 0 Å². The number of aromatic amines is 1. The number of carbonyl (C=O) groups excluding carboxylic acids is 1. The summed E-state index contributed by atoms with van der Waals surface area (Å²) in [6.45, 7) is 8.04. The number of allylic oxidation sites excluding steroid dienone is 10. The SMILES string of the molecule is C=C/C=C(C#Cc1cnc(/C=C\C(=N)C2=CC=C(C(=O)N3CCOCC3)C=CC2)[nH]1)\C=C(/C)NC. The lowest BCUT2D eigenvalue weighted by Gasteiger charge is -2.27. The van der Waals surface area contributed by atoms with Gasteiger partial charge in [-0.1, -0.05) is 36.8 Å². The maximum absolute atomic E-state index is 12.7. The number of carbonyl (C=O) groups is 1. The Hall–Kier alpha value is -4.15. The van der Waals surface area contributed by atoms with E-state index in [4.69, 9.17) is 10.1 Å². The van der Waals surface area contributed by atoms with Gasteiger partial charge in [-0.2, -0.15) is 0 Å². The van der Waals surface area contributed by atoms with E-state index >= 15 is 0 Å². The molecule has 0 atom stereocenters. The van der Waals surface area contributed by atoms with Gasteiger partial charge in [0.25, 0.3) is 5.91 Å². The standard InChI is InChI=1S/C28H31N5O2/c1-4-6-22(19-21(2)30-3)9-12-25-20-31-27(32-25)14-13-26(29)23-7-5-8-24(11-10-23)28(34)33-15-17-35-18-16-33/h4-6,8,10-11,13-14,19-20,29-30H,1,7,15-18H2,2-3H3,(H,31,32)/b14-13-,21-19+,22-6-,29-26?. The summed E-state index contributed by atoms with van der Waals surface area (Å²) < 4.78 is 5.32. The largest absolute Gasteiger partial charge is 0.392 e. The zero-order valence-corrected chi connectivity index (χ0v) is 20.2. The molecule has 0 aromatic carbocycles. The number of imidazole rings is 1. The molecule has 7 nitrogen and oxygen atoms in total. The molecule has 7 heteroatoms. The molecule has 1 aliphatic heterocycles. The molecule has 1 aromatic rings. The summed E-state index contributed by atoms with van der Waals surface area (Å²) in [5.41, 5.74) is 4.30. The van der Waals surface area contributed by atoms with E-state index < -0.39 is 0 Å². The molecule has 0 bridgehead atoms. The van der Waals surface area contributed by atoms with Crippen LogP contribution in [-0.2, 0) is 9.53 Å². The van der Waals surface area contributed by atoms with Gasteiger partial charge in [0, 0.05) is 37.0 Å². The minimum Gasteiger partial charge on any atom is -0.392 e. The second-order valence-electron chi connectivity index (χ2n) is 7.94. The van der Waals surface area contributed by atoms with Crippen molar-refractivity contribution in [3.63, 3.8) is 0 Å². The van der Waals surface area contributed by atoms with Crippen LogP contribution in [0.15, 0.2) is 83.8 Å². The van der Waals surface area contributed by atoms with Gasteiger partial charge in [0.2, 0.25) is 0 Å². The van der Waals surface area contributed by atoms with Crippen LogP contribution in [0.1, 0.15) is 24.9 Å². The Morgan fingerprint density at radius 3 is 2.89 bits per heavy atom. The highest BCUT2D eigenvalue weighted by Crippen LogP contribution is 2.16. The van der Waals surface area contributed by atoms with E-state index in [0.717, 1.165) is 16.8 Å². The molecule has 180 valence electrons. The first-order valence-corrected chi connectivity index (χ1v) is 11.5. The van der Waals surface area contributed by atoms with Gasteiger partial charge in [0.1, 0.15) is 11.5 Å². The maximum atomic E-state index is 12.7. The highest BCUT2D eigenvalue weighted by Gasteiger charge is 2.19. The predicted octanol–water partition coefficient (Wildman–Crippen LogP) is 3.70. The van der Waals surface area contributed by atoms with Crippen LogP contribution < -0.4 is 5.32 Å². The average Bonchev–Trinajstić information content (AvgIpc) is 3.19. The second kappa shape index (κ2) is 12.9. The molecule has 35 heavy (non-hydrogen) atoms. The van der Waals surface area contributed by atoms with Crippen molar-refractivity contribution in [3.05, 3.63) is 95.3 Å². The van der Waals surface area contributed by atoms with Gasteiger partial charge in [0.05, 0.1) is 25.1 Å². The second-order valence-corrected chi connectivity index (χ2v) is 7.94. The minimum atomic E-state index is -0.00366. The predicted molar refractivity (Wildman–Crippen MR) is 141 cm³/mol. The van der Waals surface area contributed by atoms with Crippen LogP contribution in [0, 0.1) is 17.3 Å². The normalized spacial score (nSPS) is 16.7. The monoisotopic (exact) mass is 469 g/mol. The molecule has 2 heterocycles. The molecule has 3 N–H and O–H groups in total. The van der Waals surface area contributed by atoms with Crippen molar-refractivity contribution in [2.75, 3.05) is 33.4 Å². The molecule has 1 aliphatic carbocycles. The number of amides is 1. The number of ether oxygens (including phenoxy) is 1. The number of nitrogens with zero attached hydrogens (tertiary/aromatic N) is 2. The molecule has 1 fully saturated rings. The summed E-state index contributed by atoms with van der Waals surface area (Å²) in [5, 5.41) is 11.5. The van der Waals surface area contributed by atoms with Gasteiger partial charge in [-0.3, -0.25) is 4.79 Å². The first-order chi connectivity index (χ1) is 17.0. The van der Waals surface area contributed by atoms with E-state index in [1.165, 1.54) is 0 Å². The highest BCUT2D eigenvalue weighted by atomic mass is 16.5. The fourth-order valence-corrected chi connectivity index (χ4v) is 3.37. The molecule has 1 aromatic heterocycles. The molecule has 0 saturated carbocycles. The third kappa shape index (κ3) is 7.70. The third-order valence-corrected chi connectivity index (χ3v) is 5.40. The van der Waals surface area contributed by atoms with Crippen LogP contribution in [0.4, 0.5) is 0 Å². The molecular formula is C28H31N5O2. The number of hydrogen-bond donors (Lipinski definition) is 3. The number of morpholine rings is 1. The van der Waals surface area contributed by atoms with Crippen molar-refractivity contribution in [3.8, 4) is 11.8 Å². The van der Waals surface area contributed by atoms with E-state index in [2.05, 4.69) is 33.7 Å². The molecule has 1 amide bonds. The lowest BCUT2D eigenvalue weighted by molar-refractivity contribution is -0.130. The van der Waals surface area contributed by atoms with Crippen molar-refractivity contribution in [2.24, 2.45) is 0 Å². The lowest BCUT2D eigenvalue weighted by atomic mass is 10.1. The van der Waals surface area contributed by atoms with Crippen molar-refractivity contribution < 1.29 is 9.53 Å². The fourth-order valence-electron chi connectivity index (χ4n) is 3.37. The number of nitrogens with one attached hydrogen (secondary N) is 3. The van der Waals surface area contributed by atoms with Gasteiger partial charge in [-0.15, -0.1) is 0 Å². The zero-order valence-electron chi connectivity index (χ0n) is 20.2. The van der Waals surface area contributed by atoms with Gasteiger partial charge >= 0.3 is 0 Å². The van der Waals surface area contributed by atoms with Crippen molar-refractivity contribution >= 4 is 17.7 Å². The summed E-state index contributed by atoms with van der Waals surface area (Å²) >= 11 is 0. The molecule has 0 spiro atoms. The van der Waals surface area contributed by atoms with Crippen LogP contribution >= 0.6 is 0 Å². The highest BCUT2D eigenvalue weighted by molar-refractivity contribution is 6.09. The molecule has 1 saturated heterocycles. The molecule has 0 unspecified atom stereocenters. The Kier molecular flexibility index (Phi) is 9.40. The minimum absolute atomic E-state index is 0.00366. The molecule has 3 rings (SSSR count). The topological polar surface area (TPSA) is 94.1 Å². The summed E-state index contributed by atoms with van der Waals surface area (Å²) in [5.74, 6) is 6.77. The Bertz CT molecular complexity index is 1210. The Morgan fingerprint density at radius 2 is 2.14 bits per heavy atom. The Morgan fingerprint density at radius 1 is 1.34 bits per heavy atom. The fraction of sp³-hybridized carbons (Fsp3) is 0.250. The molecule has 0 radical (unpaired) electrons. The van der Waals surface area contributed by atoms with Crippen LogP contribution in [0.25, 0.3) is 6.08 Å². The van der Waals surface area contributed by atoms with Crippen LogP contribution in [-0.4, -0.2) is 59.8 Å². The quantitative estimate of drug-likeness (QED) is 0.322. The molecular weight excluding hydrogens is 438 g/mol. The first kappa shape index (κ1) is 25.5. The van der Waals surface area contributed by atoms with Crippen LogP contribution in [0.3, 0.4) is 0 Å². The Labute approximate surface area is 206 Å². The lowest BCUT2D eigenvalue weighted by Crippen LogP contribution is -2.41. The van der Waals surface area contributed by atoms with E-state index in [-0.39, 0.29) is 5.91 Å². The van der Waals surface area contributed by atoms with Crippen molar-refractivity contribution in [1.29, 1.82) is 5.41 Å². The van der Waals surface area contributed by atoms with Gasteiger partial charge in [-0.25, -0.2) is 4.98 Å². The first-order valence-electron chi connectivity index (χ1n) is 11.5. The summed E-state index contributed by atoms with van der Waals surface area (Å²) in [6, 6.07) is 0. The average molecular weight is 470 g/mol. The summed E-state index contributed by atoms with van der Waals surface area (Å²) in [4.78, 5) is 22.0. The number of aromatic nitrogens is 2. The van der Waals surface area contributed by atoms with Gasteiger partial charge in [-0.05, 0) is 55.2 Å². The number of H-pyrrole nitrogens is 1. The van der Waals surface area contributed by atoms with Crippen LogP contribution in [0.5, 0.6) is 0 Å². The molecule has 2 aliphatic rings. The number of rotatable bonds is 7. The number of hydrogen-bond acceptors (Lipinski definition) is 5. The third-order valence-electron chi connectivity index (χ3n) is 5.40. The van der Waals surface area contributed by atoms with Crippen LogP contribution in [0.2, 0.25) is 0 Å². The van der Waals surface area contributed by atoms with E-state index in [9.17, 15) is 4.79 Å². The smallest absolute Gasteiger partial charge is 0.253 e. The van der Waals surface area contributed by atoms with Gasteiger partial charge < -0.3 is 25.3 Å². The van der Waals surface area contributed by atoms with E-state index in [0.29, 0.717) is 55.5 Å². The summed E-state index contributed by atoms with van der Waals surface area (Å²) in [7, 11) is 1.86. The zero-order chi connectivity index (χ0) is 25.0. The summed E-state index contributed by atoms with van der Waals surface area (Å²) in [6.07, 6.45) is 18.5. The Balaban J connectivity index is 1.65. The van der Waals surface area contributed by atoms with Crippen molar-refractivity contribution in [2.45, 2.75) is 13.3 Å². The maximum Gasteiger partial charge on any atom is 0.253 e. The van der Waals surface area contributed by atoms with E-state index in [1.807, 2.05) is 44.4 Å².